The van der Waals surface area contributed by atoms with E-state index in [0.29, 0.717) is 17.6 Å². The Labute approximate surface area is 213 Å². The van der Waals surface area contributed by atoms with Crippen LogP contribution in [0.15, 0.2) is 53.1 Å². The number of benzene rings is 2. The standard InChI is InChI=1S/C26H29ClN4O3S/c1-17-13-30(15-22(32)16-33-23-7-8-26-24(12-23)28-18(2)35-26)9-10-31(17)14-21-11-25(34-29-21)19-3-5-20(27)6-4-19/h3-8,11-12,17,22,32H,9-10,13-16H2,1-2H3/t17-,22-/m1/s1. The minimum Gasteiger partial charge on any atom is -0.491 e. The molecule has 5 rings (SSSR count). The van der Waals surface area contributed by atoms with Crippen molar-refractivity contribution in [3.05, 3.63) is 64.3 Å². The van der Waals surface area contributed by atoms with Crippen LogP contribution in [0.1, 0.15) is 17.6 Å². The van der Waals surface area contributed by atoms with Gasteiger partial charge in [-0.05, 0) is 50.2 Å². The number of aromatic nitrogens is 2. The lowest BCUT2D eigenvalue weighted by Crippen LogP contribution is -2.53. The fourth-order valence-electron chi connectivity index (χ4n) is 4.47. The van der Waals surface area contributed by atoms with Gasteiger partial charge in [0.2, 0.25) is 0 Å². The number of halogens is 1. The van der Waals surface area contributed by atoms with Gasteiger partial charge in [-0.2, -0.15) is 0 Å². The maximum Gasteiger partial charge on any atom is 0.167 e. The molecule has 0 aliphatic carbocycles. The van der Waals surface area contributed by atoms with Gasteiger partial charge < -0.3 is 14.4 Å². The fourth-order valence-corrected chi connectivity index (χ4v) is 5.40. The van der Waals surface area contributed by atoms with Gasteiger partial charge in [-0.25, -0.2) is 4.98 Å². The highest BCUT2D eigenvalue weighted by Gasteiger charge is 2.26. The molecule has 4 aromatic rings. The molecular weight excluding hydrogens is 484 g/mol. The van der Waals surface area contributed by atoms with Gasteiger partial charge in [-0.1, -0.05) is 16.8 Å². The first-order valence-electron chi connectivity index (χ1n) is 11.8. The normalized spacial score (nSPS) is 18.2. The molecule has 2 atom stereocenters. The molecule has 1 fully saturated rings. The van der Waals surface area contributed by atoms with Crippen LogP contribution >= 0.6 is 22.9 Å². The third kappa shape index (κ3) is 6.02. The van der Waals surface area contributed by atoms with Gasteiger partial charge in [0.15, 0.2) is 5.76 Å². The summed E-state index contributed by atoms with van der Waals surface area (Å²) in [5, 5.41) is 16.6. The summed E-state index contributed by atoms with van der Waals surface area (Å²) in [4.78, 5) is 9.20. The van der Waals surface area contributed by atoms with Gasteiger partial charge >= 0.3 is 0 Å². The molecule has 0 amide bonds. The molecule has 1 aliphatic heterocycles. The second-order valence-electron chi connectivity index (χ2n) is 9.10. The number of hydrogen-bond acceptors (Lipinski definition) is 8. The van der Waals surface area contributed by atoms with Gasteiger partial charge in [0.1, 0.15) is 18.5 Å². The smallest absolute Gasteiger partial charge is 0.167 e. The minimum atomic E-state index is -0.556. The largest absolute Gasteiger partial charge is 0.491 e. The molecule has 1 aliphatic rings. The predicted molar refractivity (Wildman–Crippen MR) is 139 cm³/mol. The Balaban J connectivity index is 1.09. The number of β-amino-alcohol motifs (C(OH)–C–C–N with tert-alkyl or cyclic N) is 1. The first kappa shape index (κ1) is 24.2. The van der Waals surface area contributed by atoms with E-state index in [1.165, 1.54) is 0 Å². The first-order chi connectivity index (χ1) is 16.9. The molecule has 0 radical (unpaired) electrons. The van der Waals surface area contributed by atoms with Gasteiger partial charge in [0.25, 0.3) is 0 Å². The Morgan fingerprint density at radius 1 is 1.20 bits per heavy atom. The van der Waals surface area contributed by atoms with Crippen molar-refractivity contribution in [2.75, 3.05) is 32.8 Å². The lowest BCUT2D eigenvalue weighted by molar-refractivity contribution is 0.0250. The summed E-state index contributed by atoms with van der Waals surface area (Å²) in [5.41, 5.74) is 2.82. The highest BCUT2D eigenvalue weighted by molar-refractivity contribution is 7.18. The third-order valence-electron chi connectivity index (χ3n) is 6.28. The lowest BCUT2D eigenvalue weighted by atomic mass is 10.1. The number of fused-ring (bicyclic) bond motifs is 1. The summed E-state index contributed by atoms with van der Waals surface area (Å²) in [6.07, 6.45) is -0.556. The Morgan fingerprint density at radius 3 is 2.83 bits per heavy atom. The lowest BCUT2D eigenvalue weighted by Gasteiger charge is -2.40. The average molecular weight is 513 g/mol. The Hall–Kier alpha value is -2.49. The zero-order valence-corrected chi connectivity index (χ0v) is 21.4. The third-order valence-corrected chi connectivity index (χ3v) is 7.48. The van der Waals surface area contributed by atoms with Crippen LogP contribution in [-0.2, 0) is 6.54 Å². The van der Waals surface area contributed by atoms with E-state index < -0.39 is 6.10 Å². The molecule has 9 heteroatoms. The van der Waals surface area contributed by atoms with E-state index in [1.54, 1.807) is 11.3 Å². The molecule has 3 heterocycles. The number of hydrogen-bond donors (Lipinski definition) is 1. The maximum absolute atomic E-state index is 10.6. The molecule has 0 unspecified atom stereocenters. The van der Waals surface area contributed by atoms with Gasteiger partial charge in [-0.15, -0.1) is 11.3 Å². The molecule has 0 saturated carbocycles. The molecule has 7 nitrogen and oxygen atoms in total. The van der Waals surface area contributed by atoms with Crippen LogP contribution in [-0.4, -0.2) is 70.0 Å². The molecule has 0 bridgehead atoms. The van der Waals surface area contributed by atoms with Crippen molar-refractivity contribution in [3.63, 3.8) is 0 Å². The highest BCUT2D eigenvalue weighted by Crippen LogP contribution is 2.26. The van der Waals surface area contributed by atoms with E-state index in [-0.39, 0.29) is 6.61 Å². The van der Waals surface area contributed by atoms with Crippen LogP contribution in [0.3, 0.4) is 0 Å². The zero-order chi connectivity index (χ0) is 24.4. The van der Waals surface area contributed by atoms with Crippen LogP contribution < -0.4 is 4.74 Å². The Kier molecular flexibility index (Phi) is 7.36. The van der Waals surface area contributed by atoms with Crippen LogP contribution in [0, 0.1) is 6.92 Å². The Morgan fingerprint density at radius 2 is 2.03 bits per heavy atom. The monoisotopic (exact) mass is 512 g/mol. The fraction of sp³-hybridized carbons (Fsp3) is 0.385. The number of rotatable bonds is 8. The molecular formula is C26H29ClN4O3S. The summed E-state index contributed by atoms with van der Waals surface area (Å²) >= 11 is 7.65. The van der Waals surface area contributed by atoms with Crippen LogP contribution in [0.5, 0.6) is 5.75 Å². The first-order valence-corrected chi connectivity index (χ1v) is 13.0. The van der Waals surface area contributed by atoms with Crippen molar-refractivity contribution >= 4 is 33.2 Å². The van der Waals surface area contributed by atoms with Crippen molar-refractivity contribution in [1.29, 1.82) is 0 Å². The van der Waals surface area contributed by atoms with Gasteiger partial charge in [0, 0.05) is 61.5 Å². The van der Waals surface area contributed by atoms with Crippen LogP contribution in [0.4, 0.5) is 0 Å². The summed E-state index contributed by atoms with van der Waals surface area (Å²) in [6.45, 7) is 8.45. The molecule has 0 spiro atoms. The SMILES string of the molecule is Cc1nc2cc(OC[C@H](O)CN3CCN(Cc4cc(-c5ccc(Cl)cc5)on4)[C@H](C)C3)ccc2s1. The zero-order valence-electron chi connectivity index (χ0n) is 19.9. The van der Waals surface area contributed by atoms with Gasteiger partial charge in [-0.3, -0.25) is 9.80 Å². The van der Waals surface area contributed by atoms with E-state index in [0.717, 1.165) is 64.2 Å². The van der Waals surface area contributed by atoms with Crippen molar-refractivity contribution in [3.8, 4) is 17.1 Å². The van der Waals surface area contributed by atoms with E-state index in [9.17, 15) is 5.11 Å². The van der Waals surface area contributed by atoms with Crippen LogP contribution in [0.25, 0.3) is 21.5 Å². The maximum atomic E-state index is 10.6. The number of aryl methyl sites for hydroxylation is 1. The van der Waals surface area contributed by atoms with E-state index in [2.05, 4.69) is 26.9 Å². The number of nitrogens with zero attached hydrogens (tertiary/aromatic N) is 4. The van der Waals surface area contributed by atoms with Crippen molar-refractivity contribution < 1.29 is 14.4 Å². The molecule has 1 N–H and O–H groups in total. The second-order valence-corrected chi connectivity index (χ2v) is 10.8. The van der Waals surface area contributed by atoms with Crippen molar-refractivity contribution in [1.82, 2.24) is 19.9 Å². The number of thiazole rings is 1. The summed E-state index contributed by atoms with van der Waals surface area (Å²) in [7, 11) is 0. The summed E-state index contributed by atoms with van der Waals surface area (Å²) in [6, 6.07) is 15.8. The van der Waals surface area contributed by atoms with Crippen molar-refractivity contribution in [2.45, 2.75) is 32.5 Å². The molecule has 184 valence electrons. The predicted octanol–water partition coefficient (Wildman–Crippen LogP) is 4.86. The topological polar surface area (TPSA) is 74.9 Å². The Bertz CT molecular complexity index is 1280. The number of aliphatic hydroxyl groups excluding tert-OH is 1. The quantitative estimate of drug-likeness (QED) is 0.361. The molecule has 35 heavy (non-hydrogen) atoms. The summed E-state index contributed by atoms with van der Waals surface area (Å²) in [5.74, 6) is 1.49. The van der Waals surface area contributed by atoms with Gasteiger partial charge in [0.05, 0.1) is 20.9 Å². The highest BCUT2D eigenvalue weighted by atomic mass is 35.5. The second kappa shape index (κ2) is 10.6. The molecule has 2 aromatic heterocycles. The number of aliphatic hydroxyl groups is 1. The average Bonchev–Trinajstić information content (AvgIpc) is 3.45. The summed E-state index contributed by atoms with van der Waals surface area (Å²) < 4.78 is 12.5. The van der Waals surface area contributed by atoms with E-state index in [1.807, 2.05) is 55.5 Å². The number of ether oxygens (including phenoxy) is 1. The van der Waals surface area contributed by atoms with E-state index in [4.69, 9.17) is 20.9 Å². The van der Waals surface area contributed by atoms with Crippen molar-refractivity contribution in [2.24, 2.45) is 0 Å². The molecule has 2 aromatic carbocycles. The van der Waals surface area contributed by atoms with Crippen LogP contribution in [0.2, 0.25) is 5.02 Å². The number of piperazine rings is 1. The molecule has 1 saturated heterocycles. The van der Waals surface area contributed by atoms with E-state index >= 15 is 0 Å². The minimum absolute atomic E-state index is 0.260.